The largest absolute Gasteiger partial charge is 0.461 e. The van der Waals surface area contributed by atoms with E-state index in [1.807, 2.05) is 41.5 Å². The molecule has 0 bridgehead atoms. The number of Topliss-reactive ketones (excluding diaryl/α,β-unsaturated/α-hetero) is 1. The zero-order chi connectivity index (χ0) is 43.8. The normalized spacial score (nSPS) is 12.5. The molecule has 12 nitrogen and oxygen atoms in total. The molecule has 1 atom stereocenters. The van der Waals surface area contributed by atoms with Gasteiger partial charge in [0.2, 0.25) is 17.7 Å². The Morgan fingerprint density at radius 2 is 1.28 bits per heavy atom. The molecular weight excluding hydrogens is 737 g/mol. The molecule has 0 heterocycles. The van der Waals surface area contributed by atoms with E-state index in [-0.39, 0.29) is 60.9 Å². The van der Waals surface area contributed by atoms with Gasteiger partial charge < -0.3 is 30.7 Å². The van der Waals surface area contributed by atoms with Crippen LogP contribution in [0.25, 0.3) is 0 Å². The molecule has 0 saturated carbocycles. The van der Waals surface area contributed by atoms with E-state index < -0.39 is 29.0 Å². The van der Waals surface area contributed by atoms with Crippen molar-refractivity contribution in [1.29, 1.82) is 0 Å². The van der Waals surface area contributed by atoms with E-state index in [9.17, 15) is 28.8 Å². The highest BCUT2D eigenvalue weighted by molar-refractivity contribution is 6.00. The van der Waals surface area contributed by atoms with Gasteiger partial charge >= 0.3 is 5.97 Å². The minimum absolute atomic E-state index is 0.0402. The minimum Gasteiger partial charge on any atom is -0.461 e. The SMILES string of the molecule is CC(C)CC(CC(C)C)C(=O)c1ccc(C(=O)NC(C)(C)CCOC(C)(C)CCC(=O)NC(C(=O)NCC(=O)Nc2ccc(COC(=O)C(C)C)cc2)C(C)C)cc1. The van der Waals surface area contributed by atoms with Crippen LogP contribution in [0.15, 0.2) is 48.5 Å². The summed E-state index contributed by atoms with van der Waals surface area (Å²) in [4.78, 5) is 76.7. The molecule has 0 aliphatic rings. The Bertz CT molecular complexity index is 1650. The molecule has 0 radical (unpaired) electrons. The van der Waals surface area contributed by atoms with Crippen LogP contribution >= 0.6 is 0 Å². The van der Waals surface area contributed by atoms with Gasteiger partial charge in [-0.05, 0) is 101 Å². The molecular formula is C46H70N4O8. The Morgan fingerprint density at radius 1 is 0.707 bits per heavy atom. The molecule has 4 amide bonds. The number of nitrogens with one attached hydrogen (secondary N) is 4. The number of esters is 1. The van der Waals surface area contributed by atoms with Crippen LogP contribution in [0.5, 0.6) is 0 Å². The predicted octanol–water partition coefficient (Wildman–Crippen LogP) is 7.65. The quantitative estimate of drug-likeness (QED) is 0.0620. The lowest BCUT2D eigenvalue weighted by atomic mass is 9.84. The third-order valence-corrected chi connectivity index (χ3v) is 9.72. The molecule has 0 aliphatic carbocycles. The first-order valence-electron chi connectivity index (χ1n) is 20.7. The summed E-state index contributed by atoms with van der Waals surface area (Å²) in [6.07, 6.45) is 2.69. The summed E-state index contributed by atoms with van der Waals surface area (Å²) in [5.74, 6) is -1.28. The number of hydrogen-bond donors (Lipinski definition) is 4. The number of rotatable bonds is 24. The molecule has 12 heteroatoms. The molecule has 58 heavy (non-hydrogen) atoms. The molecule has 0 fully saturated rings. The van der Waals surface area contributed by atoms with E-state index in [4.69, 9.17) is 9.47 Å². The molecule has 0 spiro atoms. The van der Waals surface area contributed by atoms with Gasteiger partial charge in [0.05, 0.1) is 18.1 Å². The van der Waals surface area contributed by atoms with E-state index in [1.54, 1.807) is 62.4 Å². The Hall–Kier alpha value is -4.58. The Balaban J connectivity index is 1.80. The van der Waals surface area contributed by atoms with Crippen molar-refractivity contribution in [3.05, 3.63) is 65.2 Å². The zero-order valence-corrected chi connectivity index (χ0v) is 37.0. The maximum Gasteiger partial charge on any atom is 0.308 e. The van der Waals surface area contributed by atoms with Gasteiger partial charge in [-0.3, -0.25) is 28.8 Å². The minimum atomic E-state index is -0.843. The van der Waals surface area contributed by atoms with Crippen LogP contribution in [0.3, 0.4) is 0 Å². The number of ether oxygens (including phenoxy) is 2. The van der Waals surface area contributed by atoms with Gasteiger partial charge in [0.25, 0.3) is 5.91 Å². The highest BCUT2D eigenvalue weighted by Crippen LogP contribution is 2.25. The van der Waals surface area contributed by atoms with Crippen LogP contribution in [-0.4, -0.2) is 65.7 Å². The number of carbonyl (C=O) groups is 6. The second-order valence-electron chi connectivity index (χ2n) is 18.1. The lowest BCUT2D eigenvalue weighted by Gasteiger charge is -2.30. The predicted molar refractivity (Wildman–Crippen MR) is 228 cm³/mol. The van der Waals surface area contributed by atoms with Crippen molar-refractivity contribution in [2.24, 2.45) is 29.6 Å². The summed E-state index contributed by atoms with van der Waals surface area (Å²) in [6, 6.07) is 12.9. The molecule has 2 rings (SSSR count). The third-order valence-electron chi connectivity index (χ3n) is 9.72. The molecule has 0 aromatic heterocycles. The van der Waals surface area contributed by atoms with Gasteiger partial charge in [-0.1, -0.05) is 79.7 Å². The van der Waals surface area contributed by atoms with Gasteiger partial charge in [0.15, 0.2) is 5.78 Å². The fourth-order valence-corrected chi connectivity index (χ4v) is 6.25. The Kier molecular flexibility index (Phi) is 19.8. The van der Waals surface area contributed by atoms with Crippen molar-refractivity contribution in [3.63, 3.8) is 0 Å². The molecule has 4 N–H and O–H groups in total. The van der Waals surface area contributed by atoms with Gasteiger partial charge in [0, 0.05) is 41.3 Å². The molecule has 0 aliphatic heterocycles. The van der Waals surface area contributed by atoms with Crippen molar-refractivity contribution in [3.8, 4) is 0 Å². The van der Waals surface area contributed by atoms with Crippen LogP contribution in [0, 0.1) is 29.6 Å². The van der Waals surface area contributed by atoms with Gasteiger partial charge in [-0.2, -0.15) is 0 Å². The maximum absolute atomic E-state index is 13.3. The monoisotopic (exact) mass is 807 g/mol. The van der Waals surface area contributed by atoms with Gasteiger partial charge in [-0.15, -0.1) is 0 Å². The highest BCUT2D eigenvalue weighted by atomic mass is 16.5. The van der Waals surface area contributed by atoms with Crippen molar-refractivity contribution in [2.75, 3.05) is 18.5 Å². The third kappa shape index (κ3) is 18.3. The van der Waals surface area contributed by atoms with Crippen LogP contribution in [0.2, 0.25) is 0 Å². The molecule has 2 aromatic carbocycles. The first-order valence-corrected chi connectivity index (χ1v) is 20.7. The Labute approximate surface area is 346 Å². The van der Waals surface area contributed by atoms with E-state index in [0.29, 0.717) is 48.1 Å². The van der Waals surface area contributed by atoms with E-state index in [0.717, 1.165) is 18.4 Å². The second kappa shape index (κ2) is 23.1. The van der Waals surface area contributed by atoms with Gasteiger partial charge in [0.1, 0.15) is 12.6 Å². The van der Waals surface area contributed by atoms with E-state index >= 15 is 0 Å². The number of ketones is 1. The summed E-state index contributed by atoms with van der Waals surface area (Å²) in [7, 11) is 0. The average molecular weight is 807 g/mol. The summed E-state index contributed by atoms with van der Waals surface area (Å²) in [5.41, 5.74) is 1.14. The first-order chi connectivity index (χ1) is 27.0. The summed E-state index contributed by atoms with van der Waals surface area (Å²) in [6.45, 7) is 23.5. The van der Waals surface area contributed by atoms with Crippen LogP contribution in [0.4, 0.5) is 5.69 Å². The standard InChI is InChI=1S/C46H70N4O8/c1-29(2)25-36(26-30(3)4)41(53)34-15-17-35(18-16-34)42(54)50-45(9,10)23-24-58-46(11,12)22-21-38(51)49-40(31(5)6)43(55)47-27-39(52)48-37-19-13-33(14-20-37)28-57-44(56)32(7)8/h13-20,29-32,36,40H,21-28H2,1-12H3,(H,47,55)(H,48,52)(H,49,51)(H,50,54). The zero-order valence-electron chi connectivity index (χ0n) is 37.0. The van der Waals surface area contributed by atoms with Crippen LogP contribution < -0.4 is 21.3 Å². The lowest BCUT2D eigenvalue weighted by molar-refractivity contribution is -0.148. The first kappa shape index (κ1) is 49.6. The fourth-order valence-electron chi connectivity index (χ4n) is 6.25. The second-order valence-corrected chi connectivity index (χ2v) is 18.1. The number of carbonyl (C=O) groups excluding carboxylic acids is 6. The fraction of sp³-hybridized carbons (Fsp3) is 0.609. The molecule has 322 valence electrons. The number of hydrogen-bond acceptors (Lipinski definition) is 8. The smallest absolute Gasteiger partial charge is 0.308 e. The molecule has 0 saturated heterocycles. The Morgan fingerprint density at radius 3 is 1.81 bits per heavy atom. The number of anilines is 1. The van der Waals surface area contributed by atoms with Gasteiger partial charge in [-0.25, -0.2) is 0 Å². The van der Waals surface area contributed by atoms with Crippen LogP contribution in [-0.2, 0) is 35.3 Å². The molecule has 1 unspecified atom stereocenters. The van der Waals surface area contributed by atoms with Crippen LogP contribution in [0.1, 0.15) is 141 Å². The number of amides is 4. The van der Waals surface area contributed by atoms with E-state index in [2.05, 4.69) is 49.0 Å². The van der Waals surface area contributed by atoms with E-state index in [1.165, 1.54) is 0 Å². The van der Waals surface area contributed by atoms with Crippen molar-refractivity contribution in [2.45, 2.75) is 139 Å². The highest BCUT2D eigenvalue weighted by Gasteiger charge is 2.28. The summed E-state index contributed by atoms with van der Waals surface area (Å²) < 4.78 is 11.4. The topological polar surface area (TPSA) is 169 Å². The van der Waals surface area contributed by atoms with Crippen molar-refractivity contribution < 1.29 is 38.2 Å². The number of benzene rings is 2. The van der Waals surface area contributed by atoms with Crippen molar-refractivity contribution >= 4 is 41.1 Å². The average Bonchev–Trinajstić information content (AvgIpc) is 3.13. The maximum atomic E-state index is 13.3. The summed E-state index contributed by atoms with van der Waals surface area (Å²) >= 11 is 0. The lowest BCUT2D eigenvalue weighted by Crippen LogP contribution is -2.51. The van der Waals surface area contributed by atoms with Crippen molar-refractivity contribution in [1.82, 2.24) is 16.0 Å². The molecule has 2 aromatic rings. The summed E-state index contributed by atoms with van der Waals surface area (Å²) in [5, 5.41) is 11.2.